The fourth-order valence-electron chi connectivity index (χ4n) is 3.07. The van der Waals surface area contributed by atoms with Crippen LogP contribution in [0, 0.1) is 0 Å². The number of amides is 1. The Labute approximate surface area is 151 Å². The molecule has 0 radical (unpaired) electrons. The van der Waals surface area contributed by atoms with Crippen molar-refractivity contribution < 1.29 is 13.9 Å². The van der Waals surface area contributed by atoms with E-state index in [1.54, 1.807) is 31.1 Å². The first kappa shape index (κ1) is 16.3. The van der Waals surface area contributed by atoms with Crippen molar-refractivity contribution in [3.8, 4) is 17.0 Å². The Bertz CT molecular complexity index is 840. The summed E-state index contributed by atoms with van der Waals surface area (Å²) in [6.07, 6.45) is 10.0. The van der Waals surface area contributed by atoms with Gasteiger partial charge in [-0.15, -0.1) is 0 Å². The summed E-state index contributed by atoms with van der Waals surface area (Å²) >= 11 is 0. The van der Waals surface area contributed by atoms with Gasteiger partial charge in [0.25, 0.3) is 5.91 Å². The lowest BCUT2D eigenvalue weighted by molar-refractivity contribution is 0.0594. The van der Waals surface area contributed by atoms with Crippen molar-refractivity contribution >= 4 is 5.91 Å². The first-order chi connectivity index (χ1) is 12.8. The molecule has 0 aliphatic carbocycles. The Kier molecular flexibility index (Phi) is 4.64. The van der Waals surface area contributed by atoms with Crippen LogP contribution in [0.3, 0.4) is 0 Å². The average Bonchev–Trinajstić information content (AvgIpc) is 3.24. The number of ether oxygens (including phenoxy) is 1. The second-order valence-corrected chi connectivity index (χ2v) is 6.24. The van der Waals surface area contributed by atoms with Crippen molar-refractivity contribution in [2.24, 2.45) is 0 Å². The maximum atomic E-state index is 12.7. The van der Waals surface area contributed by atoms with Crippen LogP contribution in [-0.4, -0.2) is 40.0 Å². The molecule has 132 valence electrons. The summed E-state index contributed by atoms with van der Waals surface area (Å²) in [5.41, 5.74) is 2.29. The van der Waals surface area contributed by atoms with Crippen molar-refractivity contribution in [1.29, 1.82) is 0 Å². The van der Waals surface area contributed by atoms with Crippen molar-refractivity contribution in [3.05, 3.63) is 67.0 Å². The summed E-state index contributed by atoms with van der Waals surface area (Å²) in [5.74, 6) is 0.785. The third-order valence-corrected chi connectivity index (χ3v) is 4.49. The van der Waals surface area contributed by atoms with Gasteiger partial charge < -0.3 is 14.1 Å². The third-order valence-electron chi connectivity index (χ3n) is 4.49. The minimum atomic E-state index is 0.0103. The van der Waals surface area contributed by atoms with E-state index in [-0.39, 0.29) is 12.0 Å². The number of pyridine rings is 2. The Morgan fingerprint density at radius 1 is 1.15 bits per heavy atom. The molecule has 1 amide bonds. The van der Waals surface area contributed by atoms with E-state index < -0.39 is 0 Å². The van der Waals surface area contributed by atoms with E-state index >= 15 is 0 Å². The van der Waals surface area contributed by atoms with E-state index in [0.29, 0.717) is 18.7 Å². The van der Waals surface area contributed by atoms with Crippen LogP contribution < -0.4 is 4.74 Å². The molecule has 6 nitrogen and oxygen atoms in total. The van der Waals surface area contributed by atoms with Gasteiger partial charge in [0.1, 0.15) is 11.9 Å². The minimum Gasteiger partial charge on any atom is -0.489 e. The van der Waals surface area contributed by atoms with E-state index in [2.05, 4.69) is 9.97 Å². The zero-order valence-electron chi connectivity index (χ0n) is 14.2. The molecule has 0 spiro atoms. The van der Waals surface area contributed by atoms with E-state index in [1.807, 2.05) is 35.2 Å². The predicted octanol–water partition coefficient (Wildman–Crippen LogP) is 3.42. The molecular weight excluding hydrogens is 330 g/mol. The second kappa shape index (κ2) is 7.39. The highest BCUT2D eigenvalue weighted by molar-refractivity contribution is 5.94. The topological polar surface area (TPSA) is 68.5 Å². The zero-order valence-corrected chi connectivity index (χ0v) is 14.2. The molecule has 0 N–H and O–H groups in total. The number of hydrogen-bond acceptors (Lipinski definition) is 5. The quantitative estimate of drug-likeness (QED) is 0.722. The molecule has 3 aromatic rings. The Hall–Kier alpha value is -3.15. The molecule has 1 fully saturated rings. The maximum Gasteiger partial charge on any atom is 0.255 e. The highest BCUT2D eigenvalue weighted by Crippen LogP contribution is 2.21. The van der Waals surface area contributed by atoms with Crippen LogP contribution in [0.25, 0.3) is 11.3 Å². The predicted molar refractivity (Wildman–Crippen MR) is 95.7 cm³/mol. The van der Waals surface area contributed by atoms with Crippen LogP contribution in [-0.2, 0) is 0 Å². The Morgan fingerprint density at radius 2 is 2.04 bits per heavy atom. The number of aromatic nitrogens is 2. The largest absolute Gasteiger partial charge is 0.489 e. The molecule has 4 rings (SSSR count). The van der Waals surface area contributed by atoms with Gasteiger partial charge in [-0.2, -0.15) is 0 Å². The number of furan rings is 1. The molecule has 0 saturated carbocycles. The molecule has 0 atom stereocenters. The molecule has 3 aromatic heterocycles. The first-order valence-corrected chi connectivity index (χ1v) is 8.64. The number of carbonyl (C=O) groups excluding carboxylic acids is 1. The second-order valence-electron chi connectivity index (χ2n) is 6.24. The number of hydrogen-bond donors (Lipinski definition) is 0. The van der Waals surface area contributed by atoms with Gasteiger partial charge in [0, 0.05) is 43.9 Å². The molecule has 6 heteroatoms. The summed E-state index contributed by atoms with van der Waals surface area (Å²) in [6.45, 7) is 1.35. The van der Waals surface area contributed by atoms with E-state index in [9.17, 15) is 4.79 Å². The van der Waals surface area contributed by atoms with Gasteiger partial charge in [0.15, 0.2) is 0 Å². The van der Waals surface area contributed by atoms with Crippen LogP contribution in [0.4, 0.5) is 0 Å². The van der Waals surface area contributed by atoms with Crippen LogP contribution in [0.15, 0.2) is 65.9 Å². The molecule has 1 saturated heterocycles. The molecule has 0 unspecified atom stereocenters. The number of likely N-dealkylation sites (tertiary alicyclic amines) is 1. The fraction of sp³-hybridized carbons (Fsp3) is 0.250. The summed E-state index contributed by atoms with van der Waals surface area (Å²) in [6, 6.07) is 9.26. The van der Waals surface area contributed by atoms with Crippen molar-refractivity contribution in [2.45, 2.75) is 18.9 Å². The lowest BCUT2D eigenvalue weighted by atomic mass is 10.1. The molecule has 1 aliphatic rings. The van der Waals surface area contributed by atoms with Crippen molar-refractivity contribution in [1.82, 2.24) is 14.9 Å². The number of rotatable bonds is 4. The molecule has 0 aromatic carbocycles. The van der Waals surface area contributed by atoms with Gasteiger partial charge in [0.2, 0.25) is 0 Å². The van der Waals surface area contributed by atoms with Crippen molar-refractivity contribution in [2.75, 3.05) is 13.1 Å². The SMILES string of the molecule is O=C(c1ccc(-c2ccoc2)nc1)N1CCC(Oc2cccnc2)CC1. The van der Waals surface area contributed by atoms with E-state index in [1.165, 1.54) is 0 Å². The minimum absolute atomic E-state index is 0.0103. The molecule has 4 heterocycles. The van der Waals surface area contributed by atoms with Crippen LogP contribution in [0.5, 0.6) is 5.75 Å². The molecular formula is C20H19N3O3. The molecule has 0 bridgehead atoms. The summed E-state index contributed by atoms with van der Waals surface area (Å²) in [7, 11) is 0. The van der Waals surface area contributed by atoms with Gasteiger partial charge in [-0.05, 0) is 30.3 Å². The van der Waals surface area contributed by atoms with Gasteiger partial charge in [-0.1, -0.05) is 0 Å². The molecule has 1 aliphatic heterocycles. The highest BCUT2D eigenvalue weighted by Gasteiger charge is 2.25. The summed E-state index contributed by atoms with van der Waals surface area (Å²) in [5, 5.41) is 0. The van der Waals surface area contributed by atoms with Crippen LogP contribution >= 0.6 is 0 Å². The highest BCUT2D eigenvalue weighted by atomic mass is 16.5. The van der Waals surface area contributed by atoms with Crippen LogP contribution in [0.2, 0.25) is 0 Å². The smallest absolute Gasteiger partial charge is 0.255 e. The molecule has 26 heavy (non-hydrogen) atoms. The van der Waals surface area contributed by atoms with Gasteiger partial charge in [0.05, 0.1) is 30.0 Å². The van der Waals surface area contributed by atoms with Crippen molar-refractivity contribution in [3.63, 3.8) is 0 Å². The monoisotopic (exact) mass is 349 g/mol. The lowest BCUT2D eigenvalue weighted by Gasteiger charge is -2.32. The third kappa shape index (κ3) is 3.59. The maximum absolute atomic E-state index is 12.7. The Balaban J connectivity index is 1.34. The number of nitrogens with zero attached hydrogens (tertiary/aromatic N) is 3. The summed E-state index contributed by atoms with van der Waals surface area (Å²) in [4.78, 5) is 23.0. The van der Waals surface area contributed by atoms with E-state index in [4.69, 9.17) is 9.15 Å². The van der Waals surface area contributed by atoms with Gasteiger partial charge in [-0.3, -0.25) is 14.8 Å². The zero-order chi connectivity index (χ0) is 17.8. The normalized spacial score (nSPS) is 15.0. The van der Waals surface area contributed by atoms with Gasteiger partial charge >= 0.3 is 0 Å². The first-order valence-electron chi connectivity index (χ1n) is 8.64. The fourth-order valence-corrected chi connectivity index (χ4v) is 3.07. The standard InChI is InChI=1S/C20H19N3O3/c24-20(15-3-4-19(22-12-15)16-7-11-25-14-16)23-9-5-17(6-10-23)26-18-2-1-8-21-13-18/h1-4,7-8,11-14,17H,5-6,9-10H2. The van der Waals surface area contributed by atoms with Crippen LogP contribution in [0.1, 0.15) is 23.2 Å². The van der Waals surface area contributed by atoms with Gasteiger partial charge in [-0.25, -0.2) is 0 Å². The summed E-state index contributed by atoms with van der Waals surface area (Å²) < 4.78 is 11.0. The van der Waals surface area contributed by atoms with E-state index in [0.717, 1.165) is 29.8 Å². The number of piperidine rings is 1. The Morgan fingerprint density at radius 3 is 2.69 bits per heavy atom. The lowest BCUT2D eigenvalue weighted by Crippen LogP contribution is -2.41. The number of carbonyl (C=O) groups is 1. The average molecular weight is 349 g/mol.